The fourth-order valence-corrected chi connectivity index (χ4v) is 1.48. The molecule has 0 amide bonds. The van der Waals surface area contributed by atoms with Gasteiger partial charge in [0.15, 0.2) is 6.29 Å². The number of aliphatic hydroxyl groups is 3. The Bertz CT molecular complexity index is 145. The van der Waals surface area contributed by atoms with Crippen LogP contribution in [0.5, 0.6) is 0 Å². The van der Waals surface area contributed by atoms with Crippen LogP contribution in [0.4, 0.5) is 0 Å². The van der Waals surface area contributed by atoms with Crippen molar-refractivity contribution in [3.05, 3.63) is 0 Å². The van der Waals surface area contributed by atoms with Gasteiger partial charge in [0.05, 0.1) is 12.2 Å². The fourth-order valence-electron chi connectivity index (χ4n) is 1.48. The first-order chi connectivity index (χ1) is 5.57. The topological polar surface area (TPSA) is 69.9 Å². The van der Waals surface area contributed by atoms with E-state index in [2.05, 4.69) is 0 Å². The SMILES string of the molecule is CCC1OC(O)[C@@H](O)[C@@H](C)[C@@H]1O. The quantitative estimate of drug-likeness (QED) is 0.502. The summed E-state index contributed by atoms with van der Waals surface area (Å²) in [4.78, 5) is 0. The molecule has 1 fully saturated rings. The van der Waals surface area contributed by atoms with Gasteiger partial charge in [0.1, 0.15) is 6.10 Å². The number of aliphatic hydroxyl groups excluding tert-OH is 3. The van der Waals surface area contributed by atoms with E-state index in [1.807, 2.05) is 6.92 Å². The Morgan fingerprint density at radius 1 is 1.17 bits per heavy atom. The highest BCUT2D eigenvalue weighted by molar-refractivity contribution is 4.85. The molecule has 0 bridgehead atoms. The lowest BCUT2D eigenvalue weighted by Gasteiger charge is -2.39. The van der Waals surface area contributed by atoms with E-state index in [1.165, 1.54) is 0 Å². The predicted molar refractivity (Wildman–Crippen MR) is 42.3 cm³/mol. The van der Waals surface area contributed by atoms with Gasteiger partial charge in [0.2, 0.25) is 0 Å². The molecule has 0 spiro atoms. The molecule has 0 radical (unpaired) electrons. The third-order valence-corrected chi connectivity index (χ3v) is 2.47. The first kappa shape index (κ1) is 9.92. The minimum Gasteiger partial charge on any atom is -0.390 e. The maximum Gasteiger partial charge on any atom is 0.181 e. The van der Waals surface area contributed by atoms with Crippen molar-refractivity contribution in [2.45, 2.75) is 44.9 Å². The molecule has 0 aromatic heterocycles. The molecule has 12 heavy (non-hydrogen) atoms. The highest BCUT2D eigenvalue weighted by Crippen LogP contribution is 2.25. The van der Waals surface area contributed by atoms with E-state index in [4.69, 9.17) is 4.74 Å². The van der Waals surface area contributed by atoms with Crippen molar-refractivity contribution in [3.63, 3.8) is 0 Å². The zero-order chi connectivity index (χ0) is 9.30. The molecule has 4 heteroatoms. The summed E-state index contributed by atoms with van der Waals surface area (Å²) < 4.78 is 4.99. The van der Waals surface area contributed by atoms with Gasteiger partial charge in [-0.1, -0.05) is 13.8 Å². The summed E-state index contributed by atoms with van der Waals surface area (Å²) in [7, 11) is 0. The Kier molecular flexibility index (Phi) is 3.06. The average Bonchev–Trinajstić information content (AvgIpc) is 2.08. The number of hydrogen-bond acceptors (Lipinski definition) is 4. The monoisotopic (exact) mass is 176 g/mol. The molecule has 1 heterocycles. The summed E-state index contributed by atoms with van der Waals surface area (Å²) in [6.45, 7) is 3.56. The minimum absolute atomic E-state index is 0.335. The molecule has 1 aliphatic rings. The molecule has 0 saturated carbocycles. The van der Waals surface area contributed by atoms with E-state index in [0.717, 1.165) is 0 Å². The molecule has 1 saturated heterocycles. The van der Waals surface area contributed by atoms with Crippen LogP contribution < -0.4 is 0 Å². The van der Waals surface area contributed by atoms with Gasteiger partial charge in [-0.15, -0.1) is 0 Å². The van der Waals surface area contributed by atoms with Gasteiger partial charge in [-0.05, 0) is 6.42 Å². The van der Waals surface area contributed by atoms with Gasteiger partial charge in [0.25, 0.3) is 0 Å². The van der Waals surface area contributed by atoms with E-state index in [9.17, 15) is 15.3 Å². The largest absolute Gasteiger partial charge is 0.390 e. The number of ether oxygens (including phenoxy) is 1. The van der Waals surface area contributed by atoms with Gasteiger partial charge < -0.3 is 20.1 Å². The van der Waals surface area contributed by atoms with Crippen LogP contribution in [-0.4, -0.2) is 39.9 Å². The third kappa shape index (κ3) is 1.61. The second-order valence-corrected chi connectivity index (χ2v) is 3.31. The maximum absolute atomic E-state index is 9.53. The van der Waals surface area contributed by atoms with Crippen LogP contribution in [0.15, 0.2) is 0 Å². The molecule has 3 N–H and O–H groups in total. The Labute approximate surface area is 71.8 Å². The van der Waals surface area contributed by atoms with Gasteiger partial charge in [0, 0.05) is 5.92 Å². The van der Waals surface area contributed by atoms with E-state index in [-0.39, 0.29) is 12.0 Å². The Morgan fingerprint density at radius 2 is 1.75 bits per heavy atom. The highest BCUT2D eigenvalue weighted by atomic mass is 16.6. The summed E-state index contributed by atoms with van der Waals surface area (Å²) in [5, 5.41) is 28.0. The van der Waals surface area contributed by atoms with E-state index in [0.29, 0.717) is 6.42 Å². The Balaban J connectivity index is 2.63. The second kappa shape index (κ2) is 3.70. The van der Waals surface area contributed by atoms with Gasteiger partial charge in [-0.25, -0.2) is 0 Å². The normalized spacial score (nSPS) is 49.2. The number of rotatable bonds is 1. The van der Waals surface area contributed by atoms with Crippen LogP contribution in [-0.2, 0) is 4.74 Å². The second-order valence-electron chi connectivity index (χ2n) is 3.31. The summed E-state index contributed by atoms with van der Waals surface area (Å²) >= 11 is 0. The van der Waals surface area contributed by atoms with Gasteiger partial charge in [-0.3, -0.25) is 0 Å². The van der Waals surface area contributed by atoms with Gasteiger partial charge in [-0.2, -0.15) is 0 Å². The van der Waals surface area contributed by atoms with Gasteiger partial charge >= 0.3 is 0 Å². The molecule has 1 rings (SSSR count). The summed E-state index contributed by atoms with van der Waals surface area (Å²) in [6.07, 6.45) is -2.56. The molecule has 2 unspecified atom stereocenters. The van der Waals surface area contributed by atoms with E-state index in [1.54, 1.807) is 6.92 Å². The van der Waals surface area contributed by atoms with Crippen LogP contribution in [0.3, 0.4) is 0 Å². The van der Waals surface area contributed by atoms with Crippen molar-refractivity contribution in [1.29, 1.82) is 0 Å². The Morgan fingerprint density at radius 3 is 2.25 bits per heavy atom. The summed E-state index contributed by atoms with van der Waals surface area (Å²) in [5.74, 6) is -0.335. The van der Waals surface area contributed by atoms with Crippen molar-refractivity contribution in [2.24, 2.45) is 5.92 Å². The molecule has 1 aliphatic heterocycles. The summed E-state index contributed by atoms with van der Waals surface area (Å²) in [5.41, 5.74) is 0. The first-order valence-electron chi connectivity index (χ1n) is 4.27. The zero-order valence-corrected chi connectivity index (χ0v) is 7.34. The van der Waals surface area contributed by atoms with Crippen molar-refractivity contribution in [2.75, 3.05) is 0 Å². The molecular formula is C8H16O4. The molecule has 72 valence electrons. The standard InChI is InChI=1S/C8H16O4/c1-3-5-6(9)4(2)7(10)8(11)12-5/h4-11H,3H2,1-2H3/t4-,5?,6-,7-,8?/m0/s1. The Hall–Kier alpha value is -0.160. The van der Waals surface area contributed by atoms with E-state index >= 15 is 0 Å². The van der Waals surface area contributed by atoms with Crippen molar-refractivity contribution >= 4 is 0 Å². The summed E-state index contributed by atoms with van der Waals surface area (Å²) in [6, 6.07) is 0. The van der Waals surface area contributed by atoms with Crippen LogP contribution in [0, 0.1) is 5.92 Å². The number of hydrogen-bond donors (Lipinski definition) is 3. The van der Waals surface area contributed by atoms with Crippen LogP contribution in [0.25, 0.3) is 0 Å². The lowest BCUT2D eigenvalue weighted by Crippen LogP contribution is -2.52. The van der Waals surface area contributed by atoms with Crippen LogP contribution >= 0.6 is 0 Å². The highest BCUT2D eigenvalue weighted by Gasteiger charge is 2.40. The lowest BCUT2D eigenvalue weighted by atomic mass is 9.90. The van der Waals surface area contributed by atoms with Crippen LogP contribution in [0.1, 0.15) is 20.3 Å². The molecule has 0 aromatic rings. The molecule has 0 aliphatic carbocycles. The predicted octanol–water partition coefficient (Wildman–Crippen LogP) is -0.529. The third-order valence-electron chi connectivity index (χ3n) is 2.47. The molecule has 4 nitrogen and oxygen atoms in total. The molecule has 0 aromatic carbocycles. The average molecular weight is 176 g/mol. The van der Waals surface area contributed by atoms with Crippen molar-refractivity contribution in [3.8, 4) is 0 Å². The van der Waals surface area contributed by atoms with Crippen molar-refractivity contribution in [1.82, 2.24) is 0 Å². The van der Waals surface area contributed by atoms with Crippen molar-refractivity contribution < 1.29 is 20.1 Å². The molecule has 5 atom stereocenters. The lowest BCUT2D eigenvalue weighted by molar-refractivity contribution is -0.265. The maximum atomic E-state index is 9.53. The fraction of sp³-hybridized carbons (Fsp3) is 1.00. The molecular weight excluding hydrogens is 160 g/mol. The minimum atomic E-state index is -1.16. The first-order valence-corrected chi connectivity index (χ1v) is 4.27. The smallest absolute Gasteiger partial charge is 0.181 e. The van der Waals surface area contributed by atoms with E-state index < -0.39 is 18.5 Å². The van der Waals surface area contributed by atoms with Crippen LogP contribution in [0.2, 0.25) is 0 Å². The zero-order valence-electron chi connectivity index (χ0n) is 7.34.